The zero-order valence-electron chi connectivity index (χ0n) is 12.4. The molecule has 0 spiro atoms. The van der Waals surface area contributed by atoms with Gasteiger partial charge in [0.15, 0.2) is 0 Å². The molecule has 0 aromatic heterocycles. The molecule has 0 radical (unpaired) electrons. The van der Waals surface area contributed by atoms with Crippen molar-refractivity contribution >= 4 is 0 Å². The van der Waals surface area contributed by atoms with E-state index in [2.05, 4.69) is 49.7 Å². The van der Waals surface area contributed by atoms with Crippen molar-refractivity contribution in [1.29, 1.82) is 0 Å². The monoisotopic (exact) mass is 241 g/mol. The SMILES string of the molecule is CC(C)N(C)C1CCN(CCCN(C)C)CC1. The van der Waals surface area contributed by atoms with Crippen molar-refractivity contribution in [2.45, 2.75) is 45.2 Å². The molecule has 1 heterocycles. The second-order valence-electron chi connectivity index (χ2n) is 5.99. The highest BCUT2D eigenvalue weighted by Crippen LogP contribution is 2.17. The summed E-state index contributed by atoms with van der Waals surface area (Å²) in [7, 11) is 6.59. The van der Waals surface area contributed by atoms with Gasteiger partial charge in [0.2, 0.25) is 0 Å². The third-order valence-electron chi connectivity index (χ3n) is 4.03. The molecule has 17 heavy (non-hydrogen) atoms. The number of nitrogens with zero attached hydrogens (tertiary/aromatic N) is 3. The fraction of sp³-hybridized carbons (Fsp3) is 1.00. The first-order chi connectivity index (χ1) is 8.00. The Labute approximate surface area is 108 Å². The van der Waals surface area contributed by atoms with E-state index in [4.69, 9.17) is 0 Å². The quantitative estimate of drug-likeness (QED) is 0.701. The molecule has 1 aliphatic rings. The van der Waals surface area contributed by atoms with Crippen molar-refractivity contribution in [2.75, 3.05) is 47.3 Å². The first kappa shape index (κ1) is 14.9. The second-order valence-corrected chi connectivity index (χ2v) is 5.99. The highest BCUT2D eigenvalue weighted by Gasteiger charge is 2.23. The molecular weight excluding hydrogens is 210 g/mol. The van der Waals surface area contributed by atoms with Crippen molar-refractivity contribution in [3.63, 3.8) is 0 Å². The van der Waals surface area contributed by atoms with Crippen molar-refractivity contribution in [3.8, 4) is 0 Å². The maximum Gasteiger partial charge on any atom is 0.0119 e. The van der Waals surface area contributed by atoms with Crippen LogP contribution in [0.15, 0.2) is 0 Å². The number of hydrogen-bond donors (Lipinski definition) is 0. The number of likely N-dealkylation sites (tertiary alicyclic amines) is 1. The van der Waals surface area contributed by atoms with Crippen molar-refractivity contribution in [2.24, 2.45) is 0 Å². The molecule has 102 valence electrons. The fourth-order valence-corrected chi connectivity index (χ4v) is 2.58. The molecule has 3 nitrogen and oxygen atoms in total. The second kappa shape index (κ2) is 7.34. The van der Waals surface area contributed by atoms with Gasteiger partial charge in [-0.15, -0.1) is 0 Å². The van der Waals surface area contributed by atoms with Crippen LogP contribution >= 0.6 is 0 Å². The molecule has 0 bridgehead atoms. The molecule has 0 atom stereocenters. The van der Waals surface area contributed by atoms with Gasteiger partial charge >= 0.3 is 0 Å². The summed E-state index contributed by atoms with van der Waals surface area (Å²) in [5, 5.41) is 0. The summed E-state index contributed by atoms with van der Waals surface area (Å²) < 4.78 is 0. The smallest absolute Gasteiger partial charge is 0.0119 e. The Morgan fingerprint density at radius 1 is 1.12 bits per heavy atom. The molecule has 1 fully saturated rings. The Hall–Kier alpha value is -0.120. The van der Waals surface area contributed by atoms with Gasteiger partial charge in [-0.3, -0.25) is 0 Å². The topological polar surface area (TPSA) is 9.72 Å². The lowest BCUT2D eigenvalue weighted by molar-refractivity contribution is 0.105. The Morgan fingerprint density at radius 3 is 2.18 bits per heavy atom. The lowest BCUT2D eigenvalue weighted by atomic mass is 10.0. The fourth-order valence-electron chi connectivity index (χ4n) is 2.58. The third-order valence-corrected chi connectivity index (χ3v) is 4.03. The van der Waals surface area contributed by atoms with Gasteiger partial charge in [-0.25, -0.2) is 0 Å². The van der Waals surface area contributed by atoms with Gasteiger partial charge in [-0.1, -0.05) is 0 Å². The highest BCUT2D eigenvalue weighted by atomic mass is 15.2. The predicted molar refractivity (Wildman–Crippen MR) is 75.5 cm³/mol. The summed E-state index contributed by atoms with van der Waals surface area (Å²) in [6.45, 7) is 9.65. The standard InChI is InChI=1S/C14H31N3/c1-13(2)16(5)14-7-11-17(12-8-14)10-6-9-15(3)4/h13-14H,6-12H2,1-5H3. The largest absolute Gasteiger partial charge is 0.309 e. The zero-order chi connectivity index (χ0) is 12.8. The summed E-state index contributed by atoms with van der Waals surface area (Å²) in [6, 6.07) is 1.49. The minimum atomic E-state index is 0.681. The molecule has 0 aromatic carbocycles. The maximum atomic E-state index is 2.63. The van der Waals surface area contributed by atoms with E-state index in [-0.39, 0.29) is 0 Å². The average molecular weight is 241 g/mol. The van der Waals surface area contributed by atoms with Gasteiger partial charge < -0.3 is 14.7 Å². The molecule has 0 saturated carbocycles. The summed E-state index contributed by atoms with van der Waals surface area (Å²) in [6.07, 6.45) is 3.99. The van der Waals surface area contributed by atoms with E-state index in [9.17, 15) is 0 Å². The third kappa shape index (κ3) is 5.36. The van der Waals surface area contributed by atoms with E-state index in [1.165, 1.54) is 45.4 Å². The van der Waals surface area contributed by atoms with Crippen LogP contribution in [0.4, 0.5) is 0 Å². The van der Waals surface area contributed by atoms with E-state index in [1.54, 1.807) is 0 Å². The van der Waals surface area contributed by atoms with Gasteiger partial charge in [0, 0.05) is 12.1 Å². The normalized spacial score (nSPS) is 19.8. The van der Waals surface area contributed by atoms with Crippen LogP contribution in [0, 0.1) is 0 Å². The van der Waals surface area contributed by atoms with Crippen molar-refractivity contribution in [1.82, 2.24) is 14.7 Å². The minimum absolute atomic E-state index is 0.681. The summed E-state index contributed by atoms with van der Waals surface area (Å²) in [4.78, 5) is 7.45. The maximum absolute atomic E-state index is 2.63. The van der Waals surface area contributed by atoms with Crippen LogP contribution in [0.3, 0.4) is 0 Å². The van der Waals surface area contributed by atoms with E-state index < -0.39 is 0 Å². The first-order valence-electron chi connectivity index (χ1n) is 7.09. The van der Waals surface area contributed by atoms with Gasteiger partial charge in [-0.2, -0.15) is 0 Å². The molecule has 0 amide bonds. The first-order valence-corrected chi connectivity index (χ1v) is 7.09. The molecule has 0 aliphatic carbocycles. The molecule has 0 aromatic rings. The van der Waals surface area contributed by atoms with Crippen molar-refractivity contribution in [3.05, 3.63) is 0 Å². The highest BCUT2D eigenvalue weighted by molar-refractivity contribution is 4.79. The van der Waals surface area contributed by atoms with Crippen LogP contribution < -0.4 is 0 Å². The van der Waals surface area contributed by atoms with Crippen LogP contribution in [0.2, 0.25) is 0 Å². The Balaban J connectivity index is 2.17. The molecule has 1 rings (SSSR count). The number of piperidine rings is 1. The minimum Gasteiger partial charge on any atom is -0.309 e. The van der Waals surface area contributed by atoms with Crippen LogP contribution in [0.1, 0.15) is 33.1 Å². The molecule has 1 aliphatic heterocycles. The lowest BCUT2D eigenvalue weighted by Crippen LogP contribution is -2.46. The Morgan fingerprint density at radius 2 is 1.71 bits per heavy atom. The molecular formula is C14H31N3. The van der Waals surface area contributed by atoms with Crippen LogP contribution in [0.5, 0.6) is 0 Å². The van der Waals surface area contributed by atoms with Crippen LogP contribution in [0.25, 0.3) is 0 Å². The van der Waals surface area contributed by atoms with Crippen LogP contribution in [-0.2, 0) is 0 Å². The molecule has 0 N–H and O–H groups in total. The summed E-state index contributed by atoms with van der Waals surface area (Å²) in [5.74, 6) is 0. The van der Waals surface area contributed by atoms with Gasteiger partial charge in [-0.05, 0) is 80.4 Å². The zero-order valence-corrected chi connectivity index (χ0v) is 12.4. The summed E-state index contributed by atoms with van der Waals surface area (Å²) >= 11 is 0. The van der Waals surface area contributed by atoms with E-state index in [1.807, 2.05) is 0 Å². The lowest BCUT2D eigenvalue weighted by Gasteiger charge is -2.38. The Kier molecular flexibility index (Phi) is 6.45. The number of rotatable bonds is 6. The van der Waals surface area contributed by atoms with Crippen LogP contribution in [-0.4, -0.2) is 74.1 Å². The van der Waals surface area contributed by atoms with Crippen molar-refractivity contribution < 1.29 is 0 Å². The predicted octanol–water partition coefficient (Wildman–Crippen LogP) is 1.74. The Bertz CT molecular complexity index is 196. The molecule has 0 unspecified atom stereocenters. The van der Waals surface area contributed by atoms with Gasteiger partial charge in [0.25, 0.3) is 0 Å². The average Bonchev–Trinajstić information content (AvgIpc) is 2.28. The molecule has 1 saturated heterocycles. The van der Waals surface area contributed by atoms with Gasteiger partial charge in [0.1, 0.15) is 0 Å². The van der Waals surface area contributed by atoms with Gasteiger partial charge in [0.05, 0.1) is 0 Å². The number of hydrogen-bond acceptors (Lipinski definition) is 3. The van der Waals surface area contributed by atoms with E-state index in [0.29, 0.717) is 6.04 Å². The molecule has 3 heteroatoms. The summed E-state index contributed by atoms with van der Waals surface area (Å²) in [5.41, 5.74) is 0. The van der Waals surface area contributed by atoms with E-state index in [0.717, 1.165) is 6.04 Å². The van der Waals surface area contributed by atoms with E-state index >= 15 is 0 Å².